The average molecular weight is 793 g/mol. The minimum absolute atomic E-state index is 0.578. The van der Waals surface area contributed by atoms with Crippen LogP contribution < -0.4 is 0 Å². The van der Waals surface area contributed by atoms with Crippen LogP contribution in [0.5, 0.6) is 0 Å². The topological polar surface area (TPSA) is 56.7 Å². The molecule has 0 bridgehead atoms. The van der Waals surface area contributed by atoms with Crippen molar-refractivity contribution in [3.8, 4) is 73.2 Å². The van der Waals surface area contributed by atoms with Gasteiger partial charge in [0.15, 0.2) is 17.5 Å². The molecule has 0 saturated heterocycles. The number of para-hydroxylation sites is 3. The van der Waals surface area contributed by atoms with Gasteiger partial charge in [0, 0.05) is 49.5 Å². The van der Waals surface area contributed by atoms with Gasteiger partial charge in [0.25, 0.3) is 0 Å². The van der Waals surface area contributed by atoms with Crippen LogP contribution in [0.25, 0.3) is 117 Å². The Morgan fingerprint density at radius 3 is 1.61 bits per heavy atom. The molecule has 3 aromatic heterocycles. The van der Waals surface area contributed by atoms with Gasteiger partial charge in [0.2, 0.25) is 0 Å². The van der Waals surface area contributed by atoms with E-state index in [9.17, 15) is 0 Å². The van der Waals surface area contributed by atoms with E-state index in [1.807, 2.05) is 36.4 Å². The Labute approximate surface area is 357 Å². The molecule has 0 saturated carbocycles. The second kappa shape index (κ2) is 14.7. The molecule has 12 rings (SSSR count). The summed E-state index contributed by atoms with van der Waals surface area (Å²) in [6, 6.07) is 76.2. The summed E-state index contributed by atoms with van der Waals surface area (Å²) in [4.78, 5) is 15.2. The Kier molecular flexibility index (Phi) is 8.42. The lowest BCUT2D eigenvalue weighted by Gasteiger charge is -2.13. The van der Waals surface area contributed by atoms with Gasteiger partial charge in [0.1, 0.15) is 11.2 Å². The fraction of sp³-hybridized carbons (Fsp3) is 0. The molecule has 0 N–H and O–H groups in total. The maximum absolute atomic E-state index is 6.93. The molecule has 0 amide bonds. The van der Waals surface area contributed by atoms with Crippen molar-refractivity contribution in [3.63, 3.8) is 0 Å². The quantitative estimate of drug-likeness (QED) is 0.161. The van der Waals surface area contributed by atoms with Gasteiger partial charge in [0.05, 0.1) is 11.0 Å². The lowest BCUT2D eigenvalue weighted by molar-refractivity contribution is 0.670. The lowest BCUT2D eigenvalue weighted by Crippen LogP contribution is -2.00. The number of fused-ring (bicyclic) bond motifs is 6. The van der Waals surface area contributed by atoms with Crippen molar-refractivity contribution in [2.75, 3.05) is 0 Å². The van der Waals surface area contributed by atoms with E-state index < -0.39 is 0 Å². The second-order valence-electron chi connectivity index (χ2n) is 15.5. The molecular formula is C57H36N4O. The van der Waals surface area contributed by atoms with E-state index in [0.717, 1.165) is 72.1 Å². The number of aromatic nitrogens is 4. The van der Waals surface area contributed by atoms with Crippen LogP contribution in [0.1, 0.15) is 0 Å². The molecule has 5 nitrogen and oxygen atoms in total. The molecule has 12 aromatic rings. The third-order valence-corrected chi connectivity index (χ3v) is 11.9. The standard InChI is InChI=1S/C57H36N4O/c1-4-17-37(18-5-1)39-21-14-22-40(35-39)56-58-55(38-19-6-2-7-20-38)59-57(60-56)41-33-34-45-48-30-15-29-47(54(48)62-52(45)36-41)44-26-11-10-25-43(44)46-28-16-32-51-53(46)49-27-12-13-31-50(49)61(51)42-23-8-3-9-24-42/h1-36H. The van der Waals surface area contributed by atoms with Crippen LogP contribution in [0.4, 0.5) is 0 Å². The van der Waals surface area contributed by atoms with E-state index in [4.69, 9.17) is 19.4 Å². The van der Waals surface area contributed by atoms with Gasteiger partial charge < -0.3 is 8.98 Å². The highest BCUT2D eigenvalue weighted by molar-refractivity contribution is 6.18. The summed E-state index contributed by atoms with van der Waals surface area (Å²) in [5.74, 6) is 1.80. The van der Waals surface area contributed by atoms with E-state index in [1.165, 1.54) is 27.4 Å². The Morgan fingerprint density at radius 1 is 0.323 bits per heavy atom. The minimum Gasteiger partial charge on any atom is -0.455 e. The molecule has 5 heteroatoms. The van der Waals surface area contributed by atoms with Crippen molar-refractivity contribution in [2.24, 2.45) is 0 Å². The molecule has 0 aliphatic heterocycles. The molecule has 0 unspecified atom stereocenters. The zero-order valence-corrected chi connectivity index (χ0v) is 33.5. The van der Waals surface area contributed by atoms with E-state index in [1.54, 1.807) is 0 Å². The number of hydrogen-bond donors (Lipinski definition) is 0. The second-order valence-corrected chi connectivity index (χ2v) is 15.5. The van der Waals surface area contributed by atoms with Gasteiger partial charge in [-0.15, -0.1) is 0 Å². The van der Waals surface area contributed by atoms with E-state index in [2.05, 4.69) is 187 Å². The fourth-order valence-corrected chi connectivity index (χ4v) is 9.02. The summed E-state index contributed by atoms with van der Waals surface area (Å²) in [6.45, 7) is 0. The molecule has 0 spiro atoms. The summed E-state index contributed by atoms with van der Waals surface area (Å²) >= 11 is 0. The van der Waals surface area contributed by atoms with Crippen LogP contribution in [0.2, 0.25) is 0 Å². The summed E-state index contributed by atoms with van der Waals surface area (Å²) in [5, 5.41) is 4.52. The van der Waals surface area contributed by atoms with Gasteiger partial charge in [-0.05, 0) is 70.3 Å². The van der Waals surface area contributed by atoms with Crippen molar-refractivity contribution in [1.29, 1.82) is 0 Å². The number of benzene rings is 9. The third-order valence-electron chi connectivity index (χ3n) is 11.9. The van der Waals surface area contributed by atoms with Crippen LogP contribution in [0.3, 0.4) is 0 Å². The summed E-state index contributed by atoms with van der Waals surface area (Å²) in [5.41, 5.74) is 14.5. The zero-order valence-electron chi connectivity index (χ0n) is 33.5. The van der Waals surface area contributed by atoms with Crippen LogP contribution in [-0.4, -0.2) is 19.5 Å². The molecule has 0 fully saturated rings. The molecule has 0 atom stereocenters. The summed E-state index contributed by atoms with van der Waals surface area (Å²) in [7, 11) is 0. The highest BCUT2D eigenvalue weighted by Crippen LogP contribution is 2.44. The maximum Gasteiger partial charge on any atom is 0.164 e. The predicted molar refractivity (Wildman–Crippen MR) is 254 cm³/mol. The molecule has 0 aliphatic carbocycles. The van der Waals surface area contributed by atoms with Gasteiger partial charge in [-0.1, -0.05) is 176 Å². The third kappa shape index (κ3) is 5.98. The van der Waals surface area contributed by atoms with E-state index in [0.29, 0.717) is 17.5 Å². The predicted octanol–water partition coefficient (Wildman–Crippen LogP) is 14.9. The Morgan fingerprint density at radius 2 is 0.839 bits per heavy atom. The highest BCUT2D eigenvalue weighted by atomic mass is 16.3. The monoisotopic (exact) mass is 792 g/mol. The highest BCUT2D eigenvalue weighted by Gasteiger charge is 2.21. The smallest absolute Gasteiger partial charge is 0.164 e. The molecule has 3 heterocycles. The molecule has 62 heavy (non-hydrogen) atoms. The summed E-state index contributed by atoms with van der Waals surface area (Å²) < 4.78 is 9.30. The lowest BCUT2D eigenvalue weighted by atomic mass is 9.91. The first kappa shape index (κ1) is 35.5. The van der Waals surface area contributed by atoms with Crippen LogP contribution >= 0.6 is 0 Å². The molecule has 0 aliphatic rings. The van der Waals surface area contributed by atoms with E-state index >= 15 is 0 Å². The Balaban J connectivity index is 1.00. The minimum atomic E-state index is 0.578. The average Bonchev–Trinajstić information content (AvgIpc) is 3.90. The van der Waals surface area contributed by atoms with Crippen molar-refractivity contribution >= 4 is 43.7 Å². The van der Waals surface area contributed by atoms with Gasteiger partial charge in [-0.3, -0.25) is 0 Å². The van der Waals surface area contributed by atoms with Gasteiger partial charge >= 0.3 is 0 Å². The first-order valence-corrected chi connectivity index (χ1v) is 20.9. The Bertz CT molecular complexity index is 3630. The van der Waals surface area contributed by atoms with Crippen molar-refractivity contribution in [1.82, 2.24) is 19.5 Å². The number of nitrogens with zero attached hydrogens (tertiary/aromatic N) is 4. The fourth-order valence-electron chi connectivity index (χ4n) is 9.02. The van der Waals surface area contributed by atoms with Crippen LogP contribution in [-0.2, 0) is 0 Å². The first-order valence-electron chi connectivity index (χ1n) is 20.9. The SMILES string of the molecule is c1ccc(-c2cccc(-c3nc(-c4ccccc4)nc(-c4ccc5c(c4)oc4c(-c6ccccc6-c6cccc7c6c6ccccc6n7-c6ccccc6)cccc45)n3)c2)cc1. The summed E-state index contributed by atoms with van der Waals surface area (Å²) in [6.07, 6.45) is 0. The normalized spacial score (nSPS) is 11.5. The first-order chi connectivity index (χ1) is 30.7. The van der Waals surface area contributed by atoms with Gasteiger partial charge in [-0.2, -0.15) is 0 Å². The number of hydrogen-bond acceptors (Lipinski definition) is 4. The number of furan rings is 1. The zero-order chi connectivity index (χ0) is 41.0. The Hall–Kier alpha value is -8.41. The molecular weight excluding hydrogens is 757 g/mol. The maximum atomic E-state index is 6.93. The van der Waals surface area contributed by atoms with Crippen LogP contribution in [0.15, 0.2) is 223 Å². The van der Waals surface area contributed by atoms with Crippen molar-refractivity contribution in [3.05, 3.63) is 218 Å². The number of rotatable bonds is 7. The van der Waals surface area contributed by atoms with Crippen molar-refractivity contribution in [2.45, 2.75) is 0 Å². The van der Waals surface area contributed by atoms with Crippen molar-refractivity contribution < 1.29 is 4.42 Å². The van der Waals surface area contributed by atoms with E-state index in [-0.39, 0.29) is 0 Å². The van der Waals surface area contributed by atoms with Gasteiger partial charge in [-0.25, -0.2) is 15.0 Å². The van der Waals surface area contributed by atoms with Crippen LogP contribution in [0, 0.1) is 0 Å². The molecule has 9 aromatic carbocycles. The largest absolute Gasteiger partial charge is 0.455 e. The molecule has 0 radical (unpaired) electrons. The molecule has 290 valence electrons.